The van der Waals surface area contributed by atoms with E-state index in [0.717, 1.165) is 49.6 Å². The van der Waals surface area contributed by atoms with Gasteiger partial charge in [-0.05, 0) is 33.4 Å². The van der Waals surface area contributed by atoms with Crippen molar-refractivity contribution in [1.29, 1.82) is 0 Å². The molecule has 0 radical (unpaired) electrons. The number of likely N-dealkylation sites (N-methyl/N-ethyl adjacent to an activating group) is 1. The Hall–Kier alpha value is -1.56. The van der Waals surface area contributed by atoms with Crippen LogP contribution in [0.25, 0.3) is 11.2 Å². The Morgan fingerprint density at radius 1 is 1.20 bits per heavy atom. The molecule has 112 valence electrons. The zero-order valence-corrected chi connectivity index (χ0v) is 13.1. The average molecular weight is 278 g/mol. The Labute approximate surface area is 120 Å². The van der Waals surface area contributed by atoms with E-state index in [0.29, 0.717) is 5.95 Å². The molecule has 0 aliphatic rings. The summed E-state index contributed by atoms with van der Waals surface area (Å²) < 4.78 is 4.08. The zero-order chi connectivity index (χ0) is 14.7. The fraction of sp³-hybridized carbons (Fsp3) is 0.714. The van der Waals surface area contributed by atoms with Crippen LogP contribution >= 0.6 is 0 Å². The molecule has 6 nitrogen and oxygen atoms in total. The fourth-order valence-corrected chi connectivity index (χ4v) is 2.67. The van der Waals surface area contributed by atoms with Crippen LogP contribution in [0.15, 0.2) is 0 Å². The number of imidazole rings is 1. The molecule has 0 bridgehead atoms. The lowest BCUT2D eigenvalue weighted by atomic mass is 10.4. The molecule has 0 spiro atoms. The van der Waals surface area contributed by atoms with Gasteiger partial charge in [0.05, 0.1) is 5.69 Å². The van der Waals surface area contributed by atoms with Gasteiger partial charge in [0.25, 0.3) is 0 Å². The Kier molecular flexibility index (Phi) is 4.65. The van der Waals surface area contributed by atoms with Gasteiger partial charge in [0.1, 0.15) is 5.52 Å². The SMILES string of the molecule is CCCN(CC)CCn1c(N)nc2c(C)nn(CC)c21. The van der Waals surface area contributed by atoms with E-state index >= 15 is 0 Å². The Morgan fingerprint density at radius 2 is 1.95 bits per heavy atom. The molecule has 2 N–H and O–H groups in total. The highest BCUT2D eigenvalue weighted by atomic mass is 15.4. The summed E-state index contributed by atoms with van der Waals surface area (Å²) >= 11 is 0. The van der Waals surface area contributed by atoms with Crippen LogP contribution in [0.4, 0.5) is 5.95 Å². The summed E-state index contributed by atoms with van der Waals surface area (Å²) in [6.07, 6.45) is 1.18. The number of anilines is 1. The van der Waals surface area contributed by atoms with Crippen molar-refractivity contribution in [3.8, 4) is 0 Å². The minimum Gasteiger partial charge on any atom is -0.369 e. The molecule has 2 aromatic heterocycles. The number of nitrogen functional groups attached to an aromatic ring is 1. The first-order valence-corrected chi connectivity index (χ1v) is 7.53. The Balaban J connectivity index is 2.27. The lowest BCUT2D eigenvalue weighted by Gasteiger charge is -2.20. The number of aromatic nitrogens is 4. The molecule has 0 atom stereocenters. The van der Waals surface area contributed by atoms with Gasteiger partial charge in [-0.15, -0.1) is 0 Å². The van der Waals surface area contributed by atoms with Crippen molar-refractivity contribution in [3.05, 3.63) is 5.69 Å². The lowest BCUT2D eigenvalue weighted by Crippen LogP contribution is -2.28. The van der Waals surface area contributed by atoms with E-state index in [9.17, 15) is 0 Å². The lowest BCUT2D eigenvalue weighted by molar-refractivity contribution is 0.278. The summed E-state index contributed by atoms with van der Waals surface area (Å²) in [5, 5.41) is 4.52. The van der Waals surface area contributed by atoms with Crippen LogP contribution in [-0.2, 0) is 13.1 Å². The summed E-state index contributed by atoms with van der Waals surface area (Å²) in [5.41, 5.74) is 9.02. The van der Waals surface area contributed by atoms with Crippen LogP contribution in [0.3, 0.4) is 0 Å². The van der Waals surface area contributed by atoms with Crippen LogP contribution in [0.5, 0.6) is 0 Å². The first kappa shape index (κ1) is 14.8. The topological polar surface area (TPSA) is 64.9 Å². The number of rotatable bonds is 7. The Bertz CT molecular complexity index is 568. The average Bonchev–Trinajstić information content (AvgIpc) is 2.92. The van der Waals surface area contributed by atoms with Crippen LogP contribution in [0.2, 0.25) is 0 Å². The summed E-state index contributed by atoms with van der Waals surface area (Å²) in [4.78, 5) is 6.91. The molecule has 0 fully saturated rings. The highest BCUT2D eigenvalue weighted by Crippen LogP contribution is 2.21. The maximum atomic E-state index is 6.08. The third kappa shape index (κ3) is 2.65. The van der Waals surface area contributed by atoms with Crippen molar-refractivity contribution < 1.29 is 0 Å². The molecule has 0 amide bonds. The highest BCUT2D eigenvalue weighted by molar-refractivity contribution is 5.77. The van der Waals surface area contributed by atoms with Gasteiger partial charge >= 0.3 is 0 Å². The number of hydrogen-bond donors (Lipinski definition) is 1. The molecule has 2 rings (SSSR count). The molecule has 0 aliphatic carbocycles. The molecular weight excluding hydrogens is 252 g/mol. The first-order chi connectivity index (χ1) is 9.62. The molecule has 0 saturated carbocycles. The van der Waals surface area contributed by atoms with Crippen molar-refractivity contribution in [3.63, 3.8) is 0 Å². The minimum absolute atomic E-state index is 0.593. The second-order valence-corrected chi connectivity index (χ2v) is 5.13. The minimum atomic E-state index is 0.593. The second kappa shape index (κ2) is 6.26. The number of aryl methyl sites for hydroxylation is 2. The normalized spacial score (nSPS) is 11.8. The number of hydrogen-bond acceptors (Lipinski definition) is 4. The fourth-order valence-electron chi connectivity index (χ4n) is 2.67. The van der Waals surface area contributed by atoms with Gasteiger partial charge in [-0.3, -0.25) is 4.57 Å². The van der Waals surface area contributed by atoms with E-state index in [4.69, 9.17) is 5.73 Å². The number of fused-ring (bicyclic) bond motifs is 1. The van der Waals surface area contributed by atoms with Crippen LogP contribution in [0, 0.1) is 6.92 Å². The van der Waals surface area contributed by atoms with Crippen LogP contribution in [-0.4, -0.2) is 43.9 Å². The molecule has 0 aliphatic heterocycles. The molecule has 2 heterocycles. The van der Waals surface area contributed by atoms with Crippen LogP contribution < -0.4 is 5.73 Å². The predicted octanol–water partition coefficient (Wildman–Crippen LogP) is 1.88. The summed E-state index contributed by atoms with van der Waals surface area (Å²) in [5.74, 6) is 0.593. The van der Waals surface area contributed by atoms with E-state index in [1.54, 1.807) is 0 Å². The van der Waals surface area contributed by atoms with E-state index in [2.05, 4.69) is 40.3 Å². The van der Waals surface area contributed by atoms with Gasteiger partial charge in [-0.2, -0.15) is 5.10 Å². The van der Waals surface area contributed by atoms with E-state index < -0.39 is 0 Å². The molecule has 2 aromatic rings. The quantitative estimate of drug-likeness (QED) is 0.840. The first-order valence-electron chi connectivity index (χ1n) is 7.53. The van der Waals surface area contributed by atoms with Gasteiger partial charge in [-0.25, -0.2) is 9.67 Å². The largest absolute Gasteiger partial charge is 0.369 e. The highest BCUT2D eigenvalue weighted by Gasteiger charge is 2.16. The third-order valence-electron chi connectivity index (χ3n) is 3.75. The molecule has 0 unspecified atom stereocenters. The predicted molar refractivity (Wildman–Crippen MR) is 82.7 cm³/mol. The maximum Gasteiger partial charge on any atom is 0.202 e. The zero-order valence-electron chi connectivity index (χ0n) is 13.1. The van der Waals surface area contributed by atoms with Crippen molar-refractivity contribution >= 4 is 17.1 Å². The molecule has 0 aromatic carbocycles. The van der Waals surface area contributed by atoms with Crippen molar-refractivity contribution in [1.82, 2.24) is 24.2 Å². The smallest absolute Gasteiger partial charge is 0.202 e. The monoisotopic (exact) mass is 278 g/mol. The molecule has 0 saturated heterocycles. The molecular formula is C14H26N6. The molecule has 6 heteroatoms. The van der Waals surface area contributed by atoms with Gasteiger partial charge in [0.15, 0.2) is 5.65 Å². The van der Waals surface area contributed by atoms with E-state index in [1.165, 1.54) is 6.42 Å². The van der Waals surface area contributed by atoms with E-state index in [1.807, 2.05) is 11.6 Å². The van der Waals surface area contributed by atoms with Crippen LogP contribution in [0.1, 0.15) is 32.9 Å². The standard InChI is InChI=1S/C14H26N6/c1-5-8-18(6-2)9-10-19-13-12(16-14(19)15)11(4)17-20(13)7-3/h5-10H2,1-4H3,(H2,15,16). The number of nitrogens with two attached hydrogens (primary N) is 1. The Morgan fingerprint density at radius 3 is 2.55 bits per heavy atom. The number of nitrogens with zero attached hydrogens (tertiary/aromatic N) is 5. The van der Waals surface area contributed by atoms with Crippen molar-refractivity contribution in [2.45, 2.75) is 47.2 Å². The van der Waals surface area contributed by atoms with Gasteiger partial charge in [-0.1, -0.05) is 13.8 Å². The van der Waals surface area contributed by atoms with Gasteiger partial charge < -0.3 is 10.6 Å². The summed E-state index contributed by atoms with van der Waals surface area (Å²) in [6, 6.07) is 0. The maximum absolute atomic E-state index is 6.08. The second-order valence-electron chi connectivity index (χ2n) is 5.13. The van der Waals surface area contributed by atoms with Gasteiger partial charge in [0, 0.05) is 19.6 Å². The van der Waals surface area contributed by atoms with Crippen molar-refractivity contribution in [2.75, 3.05) is 25.4 Å². The summed E-state index contributed by atoms with van der Waals surface area (Å²) in [7, 11) is 0. The molecule has 20 heavy (non-hydrogen) atoms. The van der Waals surface area contributed by atoms with Crippen molar-refractivity contribution in [2.24, 2.45) is 0 Å². The third-order valence-corrected chi connectivity index (χ3v) is 3.75. The summed E-state index contributed by atoms with van der Waals surface area (Å²) in [6.45, 7) is 13.4. The van der Waals surface area contributed by atoms with Gasteiger partial charge in [0.2, 0.25) is 5.95 Å². The van der Waals surface area contributed by atoms with E-state index in [-0.39, 0.29) is 0 Å².